The number of hydrogen-bond donors (Lipinski definition) is 1. The van der Waals surface area contributed by atoms with E-state index >= 15 is 0 Å². The molecule has 0 saturated carbocycles. The van der Waals surface area contributed by atoms with E-state index in [4.69, 9.17) is 0 Å². The van der Waals surface area contributed by atoms with E-state index in [1.165, 1.54) is 6.07 Å². The van der Waals surface area contributed by atoms with Gasteiger partial charge in [0.15, 0.2) is 19.7 Å². The normalized spacial score (nSPS) is 17.3. The number of rotatable bonds is 6. The molecule has 1 aliphatic rings. The van der Waals surface area contributed by atoms with Gasteiger partial charge in [0.1, 0.15) is 0 Å². The van der Waals surface area contributed by atoms with Crippen LogP contribution in [0.5, 0.6) is 0 Å². The molecule has 1 N–H and O–H groups in total. The molecule has 0 bridgehead atoms. The van der Waals surface area contributed by atoms with Crippen molar-refractivity contribution in [1.29, 1.82) is 0 Å². The van der Waals surface area contributed by atoms with Crippen LogP contribution < -0.4 is 5.32 Å². The number of anilines is 1. The highest BCUT2D eigenvalue weighted by Crippen LogP contribution is 2.34. The van der Waals surface area contributed by atoms with Gasteiger partial charge in [0, 0.05) is 5.69 Å². The van der Waals surface area contributed by atoms with Crippen molar-refractivity contribution in [3.05, 3.63) is 95.6 Å². The predicted molar refractivity (Wildman–Crippen MR) is 124 cm³/mol. The van der Waals surface area contributed by atoms with Gasteiger partial charge in [-0.05, 0) is 41.3 Å². The van der Waals surface area contributed by atoms with Crippen LogP contribution in [0.2, 0.25) is 0 Å². The topological polar surface area (TPSA) is 97.4 Å². The molecule has 1 atom stereocenters. The third-order valence-corrected chi connectivity index (χ3v) is 8.79. The SMILES string of the molecule is O=C(Nc1cccc(CS(=O)(=O)Cc2ccccc2)c1)C1CCS(=O)(=O)c2ccccc21. The zero-order valence-corrected chi connectivity index (χ0v) is 18.9. The summed E-state index contributed by atoms with van der Waals surface area (Å²) in [6, 6.07) is 22.3. The molecule has 166 valence electrons. The predicted octanol–water partition coefficient (Wildman–Crippen LogP) is 3.70. The quantitative estimate of drug-likeness (QED) is 0.594. The maximum absolute atomic E-state index is 13.0. The molecule has 0 aromatic heterocycles. The Balaban J connectivity index is 1.49. The molecule has 1 amide bonds. The maximum atomic E-state index is 13.0. The number of amides is 1. The molecule has 0 spiro atoms. The van der Waals surface area contributed by atoms with Gasteiger partial charge in [0.2, 0.25) is 5.91 Å². The first-order valence-corrected chi connectivity index (χ1v) is 13.7. The molecule has 32 heavy (non-hydrogen) atoms. The van der Waals surface area contributed by atoms with E-state index in [1.807, 2.05) is 6.07 Å². The Bertz CT molecular complexity index is 1350. The molecule has 8 heteroatoms. The number of fused-ring (bicyclic) bond motifs is 1. The maximum Gasteiger partial charge on any atom is 0.231 e. The van der Waals surface area contributed by atoms with Crippen LogP contribution in [0.4, 0.5) is 5.69 Å². The molecule has 0 saturated heterocycles. The highest BCUT2D eigenvalue weighted by atomic mass is 32.2. The lowest BCUT2D eigenvalue weighted by Crippen LogP contribution is -2.29. The first kappa shape index (κ1) is 22.2. The van der Waals surface area contributed by atoms with Gasteiger partial charge < -0.3 is 5.32 Å². The van der Waals surface area contributed by atoms with Gasteiger partial charge >= 0.3 is 0 Å². The van der Waals surface area contributed by atoms with Crippen molar-refractivity contribution < 1.29 is 21.6 Å². The molecule has 4 rings (SSSR count). The average Bonchev–Trinajstić information content (AvgIpc) is 2.74. The summed E-state index contributed by atoms with van der Waals surface area (Å²) in [5.74, 6) is -1.18. The van der Waals surface area contributed by atoms with Gasteiger partial charge in [0.05, 0.1) is 28.1 Å². The van der Waals surface area contributed by atoms with E-state index in [0.717, 1.165) is 5.56 Å². The summed E-state index contributed by atoms with van der Waals surface area (Å²) < 4.78 is 49.8. The van der Waals surface area contributed by atoms with E-state index < -0.39 is 25.6 Å². The number of carbonyl (C=O) groups is 1. The number of benzene rings is 3. The smallest absolute Gasteiger partial charge is 0.231 e. The average molecular weight is 470 g/mol. The fourth-order valence-corrected chi connectivity index (χ4v) is 7.07. The van der Waals surface area contributed by atoms with E-state index in [-0.39, 0.29) is 34.5 Å². The van der Waals surface area contributed by atoms with Crippen molar-refractivity contribution in [3.63, 3.8) is 0 Å². The summed E-state index contributed by atoms with van der Waals surface area (Å²) in [6.45, 7) is 0. The first-order chi connectivity index (χ1) is 15.2. The minimum absolute atomic E-state index is 0.0578. The lowest BCUT2D eigenvalue weighted by Gasteiger charge is -2.24. The van der Waals surface area contributed by atoms with Crippen LogP contribution in [0.15, 0.2) is 83.8 Å². The second-order valence-corrected chi connectivity index (χ2v) is 12.0. The molecular formula is C24H23NO5S2. The first-order valence-electron chi connectivity index (χ1n) is 10.2. The minimum Gasteiger partial charge on any atom is -0.326 e. The lowest BCUT2D eigenvalue weighted by atomic mass is 9.95. The molecule has 0 aliphatic carbocycles. The highest BCUT2D eigenvalue weighted by molar-refractivity contribution is 7.91. The third kappa shape index (κ3) is 5.08. The van der Waals surface area contributed by atoms with Crippen LogP contribution in [0.1, 0.15) is 29.0 Å². The third-order valence-electron chi connectivity index (χ3n) is 5.43. The molecule has 1 aliphatic heterocycles. The molecule has 6 nitrogen and oxygen atoms in total. The van der Waals surface area contributed by atoms with Crippen LogP contribution in [0, 0.1) is 0 Å². The minimum atomic E-state index is -3.39. The van der Waals surface area contributed by atoms with Gasteiger partial charge in [-0.1, -0.05) is 60.7 Å². The van der Waals surface area contributed by atoms with E-state index in [2.05, 4.69) is 5.32 Å². The van der Waals surface area contributed by atoms with Crippen LogP contribution in [-0.4, -0.2) is 28.5 Å². The Hall–Kier alpha value is -2.97. The molecular weight excluding hydrogens is 446 g/mol. The van der Waals surface area contributed by atoms with Crippen LogP contribution in [0.25, 0.3) is 0 Å². The molecule has 0 radical (unpaired) electrons. The Morgan fingerprint density at radius 3 is 2.31 bits per heavy atom. The molecule has 1 unspecified atom stereocenters. The molecule has 1 heterocycles. The highest BCUT2D eigenvalue weighted by Gasteiger charge is 2.34. The zero-order valence-electron chi connectivity index (χ0n) is 17.3. The van der Waals surface area contributed by atoms with Gasteiger partial charge in [0.25, 0.3) is 0 Å². The van der Waals surface area contributed by atoms with Crippen molar-refractivity contribution >= 4 is 31.3 Å². The Morgan fingerprint density at radius 1 is 0.875 bits per heavy atom. The van der Waals surface area contributed by atoms with Crippen molar-refractivity contribution in [1.82, 2.24) is 0 Å². The Morgan fingerprint density at radius 2 is 1.53 bits per heavy atom. The van der Waals surface area contributed by atoms with Crippen molar-refractivity contribution in [2.75, 3.05) is 11.1 Å². The summed E-state index contributed by atoms with van der Waals surface area (Å²) in [6.07, 6.45) is 0.205. The number of carbonyl (C=O) groups excluding carboxylic acids is 1. The van der Waals surface area contributed by atoms with Crippen molar-refractivity contribution in [2.45, 2.75) is 28.7 Å². The van der Waals surface area contributed by atoms with Gasteiger partial charge in [-0.15, -0.1) is 0 Å². The van der Waals surface area contributed by atoms with E-state index in [1.54, 1.807) is 66.7 Å². The summed E-state index contributed by atoms with van der Waals surface area (Å²) in [5.41, 5.74) is 2.28. The number of hydrogen-bond acceptors (Lipinski definition) is 5. The molecule has 0 fully saturated rings. The van der Waals surface area contributed by atoms with Crippen molar-refractivity contribution in [2.24, 2.45) is 0 Å². The summed E-state index contributed by atoms with van der Waals surface area (Å²) in [5, 5.41) is 2.83. The number of nitrogens with one attached hydrogen (secondary N) is 1. The van der Waals surface area contributed by atoms with Crippen LogP contribution in [0.3, 0.4) is 0 Å². The zero-order chi connectivity index (χ0) is 22.8. The standard InChI is InChI=1S/C24H23NO5S2/c26-24(22-13-14-32(29,30)23-12-5-4-11-21(22)23)25-20-10-6-9-19(15-20)17-31(27,28)16-18-7-2-1-3-8-18/h1-12,15,22H,13-14,16-17H2,(H,25,26). The Kier molecular flexibility index (Phi) is 6.17. The second-order valence-electron chi connectivity index (χ2n) is 7.91. The summed E-state index contributed by atoms with van der Waals surface area (Å²) in [7, 11) is -6.77. The summed E-state index contributed by atoms with van der Waals surface area (Å²) >= 11 is 0. The van der Waals surface area contributed by atoms with Crippen LogP contribution >= 0.6 is 0 Å². The monoisotopic (exact) mass is 469 g/mol. The van der Waals surface area contributed by atoms with Gasteiger partial charge in [-0.25, -0.2) is 16.8 Å². The van der Waals surface area contributed by atoms with Gasteiger partial charge in [-0.2, -0.15) is 0 Å². The second kappa shape index (κ2) is 8.88. The van der Waals surface area contributed by atoms with Crippen molar-refractivity contribution in [3.8, 4) is 0 Å². The Labute approximate surface area is 188 Å². The van der Waals surface area contributed by atoms with Crippen LogP contribution in [-0.2, 0) is 36.0 Å². The molecule has 3 aromatic rings. The fraction of sp³-hybridized carbons (Fsp3) is 0.208. The largest absolute Gasteiger partial charge is 0.326 e. The number of sulfone groups is 2. The molecule has 3 aromatic carbocycles. The lowest BCUT2D eigenvalue weighted by molar-refractivity contribution is -0.117. The van der Waals surface area contributed by atoms with E-state index in [0.29, 0.717) is 16.8 Å². The van der Waals surface area contributed by atoms with E-state index in [9.17, 15) is 21.6 Å². The van der Waals surface area contributed by atoms with Gasteiger partial charge in [-0.3, -0.25) is 4.79 Å². The fourth-order valence-electron chi connectivity index (χ4n) is 3.96. The summed E-state index contributed by atoms with van der Waals surface area (Å²) in [4.78, 5) is 13.2.